The third-order valence-corrected chi connectivity index (χ3v) is 6.61. The summed E-state index contributed by atoms with van der Waals surface area (Å²) in [5.74, 6) is 0.00865. The average Bonchev–Trinajstić information content (AvgIpc) is 2.82. The van der Waals surface area contributed by atoms with Crippen LogP contribution in [0.15, 0.2) is 66.7 Å². The van der Waals surface area contributed by atoms with Gasteiger partial charge in [0.2, 0.25) is 5.91 Å². The fraction of sp³-hybridized carbons (Fsp3) is 0.333. The molecule has 0 spiro atoms. The zero-order valence-corrected chi connectivity index (χ0v) is 23.5. The molecule has 37 heavy (non-hydrogen) atoms. The first kappa shape index (κ1) is 28.5. The monoisotopic (exact) mass is 540 g/mol. The van der Waals surface area contributed by atoms with E-state index in [1.165, 1.54) is 0 Å². The zero-order valence-electron chi connectivity index (χ0n) is 22.0. The molecule has 3 aromatic rings. The minimum Gasteiger partial charge on any atom is -0.484 e. The highest BCUT2D eigenvalue weighted by Gasteiger charge is 2.32. The van der Waals surface area contributed by atoms with Crippen molar-refractivity contribution in [1.82, 2.24) is 10.2 Å². The summed E-state index contributed by atoms with van der Waals surface area (Å²) in [5.41, 5.74) is 3.04. The third kappa shape index (κ3) is 8.51. The normalized spacial score (nSPS) is 12.1. The first-order chi connectivity index (χ1) is 17.4. The van der Waals surface area contributed by atoms with Crippen LogP contribution < -0.4 is 10.1 Å². The number of rotatable bonds is 9. The number of ether oxygens (including phenoxy) is 1. The molecule has 7 heteroatoms. The van der Waals surface area contributed by atoms with E-state index in [0.717, 1.165) is 22.3 Å². The molecule has 0 aromatic heterocycles. The van der Waals surface area contributed by atoms with E-state index >= 15 is 0 Å². The second-order valence-corrected chi connectivity index (χ2v) is 11.1. The van der Waals surface area contributed by atoms with E-state index in [4.69, 9.17) is 27.9 Å². The van der Waals surface area contributed by atoms with Gasteiger partial charge < -0.3 is 15.0 Å². The lowest BCUT2D eigenvalue weighted by Gasteiger charge is -2.33. The van der Waals surface area contributed by atoms with Gasteiger partial charge in [-0.15, -0.1) is 0 Å². The zero-order chi connectivity index (χ0) is 27.2. The molecule has 0 saturated carbocycles. The predicted octanol–water partition coefficient (Wildman–Crippen LogP) is 6.54. The molecular formula is C30H34Cl2N2O3. The summed E-state index contributed by atoms with van der Waals surface area (Å²) in [7, 11) is 0. The largest absolute Gasteiger partial charge is 0.484 e. The molecule has 0 saturated heterocycles. The van der Waals surface area contributed by atoms with Crippen LogP contribution in [-0.2, 0) is 22.6 Å². The van der Waals surface area contributed by atoms with E-state index < -0.39 is 11.6 Å². The molecule has 196 valence electrons. The van der Waals surface area contributed by atoms with Gasteiger partial charge in [-0.05, 0) is 81.1 Å². The van der Waals surface area contributed by atoms with E-state index in [1.807, 2.05) is 77.1 Å². The molecule has 3 aromatic carbocycles. The van der Waals surface area contributed by atoms with Crippen LogP contribution in [0.3, 0.4) is 0 Å². The number of benzene rings is 3. The van der Waals surface area contributed by atoms with Gasteiger partial charge >= 0.3 is 0 Å². The maximum absolute atomic E-state index is 13.7. The smallest absolute Gasteiger partial charge is 0.261 e. The van der Waals surface area contributed by atoms with Crippen LogP contribution in [0.5, 0.6) is 5.75 Å². The van der Waals surface area contributed by atoms with Crippen LogP contribution in [0, 0.1) is 13.8 Å². The number of aryl methyl sites for hydroxylation is 2. The summed E-state index contributed by atoms with van der Waals surface area (Å²) in [5, 5.41) is 4.28. The third-order valence-electron chi connectivity index (χ3n) is 5.78. The van der Waals surface area contributed by atoms with Crippen molar-refractivity contribution in [2.45, 2.75) is 59.2 Å². The molecule has 5 nitrogen and oxygen atoms in total. The van der Waals surface area contributed by atoms with Gasteiger partial charge in [0.05, 0.1) is 0 Å². The molecule has 0 radical (unpaired) electrons. The van der Waals surface area contributed by atoms with Crippen LogP contribution in [0.1, 0.15) is 43.0 Å². The Balaban J connectivity index is 1.94. The van der Waals surface area contributed by atoms with E-state index in [-0.39, 0.29) is 25.0 Å². The number of nitrogens with one attached hydrogen (secondary N) is 1. The highest BCUT2D eigenvalue weighted by Crippen LogP contribution is 2.26. The quantitative estimate of drug-likeness (QED) is 0.335. The number of hydrogen-bond acceptors (Lipinski definition) is 3. The van der Waals surface area contributed by atoms with E-state index in [1.54, 1.807) is 29.2 Å². The molecule has 1 N–H and O–H groups in total. The number of carbonyl (C=O) groups excluding carboxylic acids is 2. The molecular weight excluding hydrogens is 507 g/mol. The Morgan fingerprint density at radius 2 is 1.54 bits per heavy atom. The van der Waals surface area contributed by atoms with Crippen LogP contribution in [-0.4, -0.2) is 34.9 Å². The highest BCUT2D eigenvalue weighted by molar-refractivity contribution is 6.32. The molecule has 1 atom stereocenters. The summed E-state index contributed by atoms with van der Waals surface area (Å²) in [6, 6.07) is 19.8. The predicted molar refractivity (Wildman–Crippen MR) is 150 cm³/mol. The maximum atomic E-state index is 13.7. The summed E-state index contributed by atoms with van der Waals surface area (Å²) < 4.78 is 5.90. The minimum atomic E-state index is -0.759. The van der Waals surface area contributed by atoms with Gasteiger partial charge in [0.1, 0.15) is 11.8 Å². The number of amides is 2. The fourth-order valence-electron chi connectivity index (χ4n) is 4.06. The fourth-order valence-corrected chi connectivity index (χ4v) is 4.38. The Morgan fingerprint density at radius 1 is 0.919 bits per heavy atom. The van der Waals surface area contributed by atoms with Gasteiger partial charge in [-0.1, -0.05) is 65.7 Å². The molecule has 2 amide bonds. The second-order valence-electron chi connectivity index (χ2n) is 10.3. The summed E-state index contributed by atoms with van der Waals surface area (Å²) in [6.45, 7) is 9.52. The number of halogens is 2. The van der Waals surface area contributed by atoms with Gasteiger partial charge in [0, 0.05) is 28.5 Å². The lowest BCUT2D eigenvalue weighted by atomic mass is 10.0. The van der Waals surface area contributed by atoms with Crippen molar-refractivity contribution in [3.63, 3.8) is 0 Å². The van der Waals surface area contributed by atoms with Crippen molar-refractivity contribution in [3.05, 3.63) is 99.0 Å². The highest BCUT2D eigenvalue weighted by atomic mass is 35.5. The van der Waals surface area contributed by atoms with E-state index in [2.05, 4.69) is 5.32 Å². The first-order valence-corrected chi connectivity index (χ1v) is 13.0. The maximum Gasteiger partial charge on any atom is 0.261 e. The molecule has 1 unspecified atom stereocenters. The van der Waals surface area contributed by atoms with Crippen LogP contribution in [0.25, 0.3) is 0 Å². The van der Waals surface area contributed by atoms with Gasteiger partial charge in [0.25, 0.3) is 5.91 Å². The number of nitrogens with zero attached hydrogens (tertiary/aromatic N) is 1. The standard InChI is InChI=1S/C30H34Cl2N2O3/c1-20-14-25(15-21(2)28(20)32)37-19-27(35)34(18-23-12-9-13-24(31)16-23)26(29(36)33-30(3,4)5)17-22-10-7-6-8-11-22/h6-16,26H,17-19H2,1-5H3,(H,33,36). The topological polar surface area (TPSA) is 58.6 Å². The first-order valence-electron chi connectivity index (χ1n) is 12.2. The molecule has 0 aliphatic heterocycles. The van der Waals surface area contributed by atoms with Crippen LogP contribution >= 0.6 is 23.2 Å². The number of hydrogen-bond donors (Lipinski definition) is 1. The molecule has 3 rings (SSSR count). The molecule has 0 aliphatic rings. The van der Waals surface area contributed by atoms with Crippen molar-refractivity contribution in [1.29, 1.82) is 0 Å². The van der Waals surface area contributed by atoms with Crippen LogP contribution in [0.2, 0.25) is 10.0 Å². The average molecular weight is 542 g/mol. The van der Waals surface area contributed by atoms with Crippen molar-refractivity contribution < 1.29 is 14.3 Å². The van der Waals surface area contributed by atoms with E-state index in [9.17, 15) is 9.59 Å². The summed E-state index contributed by atoms with van der Waals surface area (Å²) >= 11 is 12.5. The Kier molecular flexibility index (Phi) is 9.63. The van der Waals surface area contributed by atoms with Crippen LogP contribution in [0.4, 0.5) is 0 Å². The van der Waals surface area contributed by atoms with Crippen molar-refractivity contribution in [3.8, 4) is 5.75 Å². The molecule has 0 bridgehead atoms. The van der Waals surface area contributed by atoms with Crippen molar-refractivity contribution in [2.75, 3.05) is 6.61 Å². The van der Waals surface area contributed by atoms with Gasteiger partial charge in [0.15, 0.2) is 6.61 Å². The summed E-state index contributed by atoms with van der Waals surface area (Å²) in [4.78, 5) is 28.9. The molecule has 0 fully saturated rings. The SMILES string of the molecule is Cc1cc(OCC(=O)N(Cc2cccc(Cl)c2)C(Cc2ccccc2)C(=O)NC(C)(C)C)cc(C)c1Cl. The number of carbonyl (C=O) groups is 2. The van der Waals surface area contributed by atoms with Gasteiger partial charge in [-0.3, -0.25) is 9.59 Å². The molecule has 0 aliphatic carbocycles. The molecule has 0 heterocycles. The van der Waals surface area contributed by atoms with Gasteiger partial charge in [-0.25, -0.2) is 0 Å². The van der Waals surface area contributed by atoms with Gasteiger partial charge in [-0.2, -0.15) is 0 Å². The summed E-state index contributed by atoms with van der Waals surface area (Å²) in [6.07, 6.45) is 0.355. The Bertz CT molecular complexity index is 1220. The van der Waals surface area contributed by atoms with E-state index in [0.29, 0.717) is 22.2 Å². The second kappa shape index (κ2) is 12.5. The Hall–Kier alpha value is -3.02. The van der Waals surface area contributed by atoms with Crippen molar-refractivity contribution in [2.24, 2.45) is 0 Å². The minimum absolute atomic E-state index is 0.205. The lowest BCUT2D eigenvalue weighted by Crippen LogP contribution is -2.55. The Labute approximate surface area is 229 Å². The lowest BCUT2D eigenvalue weighted by molar-refractivity contribution is -0.143. The Morgan fingerprint density at radius 3 is 2.14 bits per heavy atom. The van der Waals surface area contributed by atoms with Crippen molar-refractivity contribution >= 4 is 35.0 Å².